The van der Waals surface area contributed by atoms with Gasteiger partial charge in [0.05, 0.1) is 34.5 Å². The lowest BCUT2D eigenvalue weighted by molar-refractivity contribution is -0.132. The van der Waals surface area contributed by atoms with Crippen molar-refractivity contribution in [3.8, 4) is 11.5 Å². The number of nitrogens with zero attached hydrogens (tertiary/aromatic N) is 2. The minimum absolute atomic E-state index is 0.0440. The zero-order valence-electron chi connectivity index (χ0n) is 19.1. The van der Waals surface area contributed by atoms with Gasteiger partial charge in [0.1, 0.15) is 17.3 Å². The highest BCUT2D eigenvalue weighted by Crippen LogP contribution is 2.45. The first-order valence-electron chi connectivity index (χ1n) is 11.1. The lowest BCUT2D eigenvalue weighted by atomic mass is 9.95. The molecule has 176 valence electrons. The molecule has 1 atom stereocenters. The van der Waals surface area contributed by atoms with Gasteiger partial charge in [-0.25, -0.2) is 4.98 Å². The summed E-state index contributed by atoms with van der Waals surface area (Å²) in [5.74, 6) is -1.53. The van der Waals surface area contributed by atoms with E-state index in [1.54, 1.807) is 36.4 Å². The lowest BCUT2D eigenvalue weighted by Crippen LogP contribution is -2.29. The highest BCUT2D eigenvalue weighted by atomic mass is 32.1. The average molecular weight is 487 g/mol. The third-order valence-electron chi connectivity index (χ3n) is 6.07. The monoisotopic (exact) mass is 486 g/mol. The van der Waals surface area contributed by atoms with Crippen LogP contribution in [0.15, 0.2) is 72.3 Å². The number of aliphatic hydroxyl groups excluding tert-OH is 1. The van der Waals surface area contributed by atoms with E-state index in [4.69, 9.17) is 4.74 Å². The molecule has 35 heavy (non-hydrogen) atoms. The highest BCUT2D eigenvalue weighted by Gasteiger charge is 2.48. The van der Waals surface area contributed by atoms with Gasteiger partial charge in [-0.15, -0.1) is 0 Å². The average Bonchev–Trinajstić information content (AvgIpc) is 3.41. The maximum Gasteiger partial charge on any atom is 0.301 e. The Labute approximate surface area is 205 Å². The molecule has 1 unspecified atom stereocenters. The van der Waals surface area contributed by atoms with Crippen LogP contribution in [0.25, 0.3) is 16.0 Å². The summed E-state index contributed by atoms with van der Waals surface area (Å²) in [5.41, 5.74) is 2.64. The van der Waals surface area contributed by atoms with Crippen LogP contribution in [-0.4, -0.2) is 34.0 Å². The molecule has 0 saturated carbocycles. The molecule has 2 N–H and O–H groups in total. The molecule has 1 aliphatic heterocycles. The van der Waals surface area contributed by atoms with Gasteiger partial charge in [0.25, 0.3) is 5.78 Å². The van der Waals surface area contributed by atoms with E-state index in [-0.39, 0.29) is 17.1 Å². The Morgan fingerprint density at radius 3 is 2.54 bits per heavy atom. The number of hydrogen-bond donors (Lipinski definition) is 2. The van der Waals surface area contributed by atoms with Crippen molar-refractivity contribution in [2.45, 2.75) is 19.4 Å². The van der Waals surface area contributed by atoms with Crippen molar-refractivity contribution in [2.24, 2.45) is 0 Å². The van der Waals surface area contributed by atoms with Gasteiger partial charge in [0.15, 0.2) is 5.13 Å². The zero-order valence-corrected chi connectivity index (χ0v) is 19.9. The summed E-state index contributed by atoms with van der Waals surface area (Å²) in [4.78, 5) is 32.7. The predicted octanol–water partition coefficient (Wildman–Crippen LogP) is 5.20. The second kappa shape index (κ2) is 8.88. The number of aromatic nitrogens is 1. The normalized spacial score (nSPS) is 17.3. The van der Waals surface area contributed by atoms with Gasteiger partial charge in [0, 0.05) is 0 Å². The smallest absolute Gasteiger partial charge is 0.301 e. The van der Waals surface area contributed by atoms with Gasteiger partial charge in [-0.2, -0.15) is 0 Å². The summed E-state index contributed by atoms with van der Waals surface area (Å²) in [7, 11) is 1.47. The predicted molar refractivity (Wildman–Crippen MR) is 135 cm³/mol. The number of phenolic OH excluding ortho intramolecular Hbond substituents is 1. The van der Waals surface area contributed by atoms with Crippen LogP contribution >= 0.6 is 11.3 Å². The van der Waals surface area contributed by atoms with Crippen LogP contribution in [0, 0.1) is 0 Å². The fraction of sp³-hybridized carbons (Fsp3) is 0.148. The minimum Gasteiger partial charge on any atom is -0.508 e. The van der Waals surface area contributed by atoms with Crippen LogP contribution in [0.3, 0.4) is 0 Å². The molecule has 5 rings (SSSR count). The summed E-state index contributed by atoms with van der Waals surface area (Å²) in [6.45, 7) is 2.06. The molecular weight excluding hydrogens is 464 g/mol. The molecule has 1 saturated heterocycles. The van der Waals surface area contributed by atoms with Crippen LogP contribution in [-0.2, 0) is 16.0 Å². The Morgan fingerprint density at radius 1 is 1.09 bits per heavy atom. The quantitative estimate of drug-likeness (QED) is 0.229. The van der Waals surface area contributed by atoms with Gasteiger partial charge < -0.3 is 14.9 Å². The number of aromatic hydroxyl groups is 1. The fourth-order valence-electron chi connectivity index (χ4n) is 4.27. The number of Topliss-reactive ketones (excluding diaryl/α,β-unsaturated/α-hetero) is 1. The van der Waals surface area contributed by atoms with Crippen LogP contribution in [0.1, 0.15) is 29.7 Å². The van der Waals surface area contributed by atoms with Crippen molar-refractivity contribution in [3.05, 3.63) is 89.0 Å². The summed E-state index contributed by atoms with van der Waals surface area (Å²) < 4.78 is 6.27. The van der Waals surface area contributed by atoms with E-state index in [9.17, 15) is 19.8 Å². The number of thiazole rings is 1. The summed E-state index contributed by atoms with van der Waals surface area (Å²) >= 11 is 1.31. The summed E-state index contributed by atoms with van der Waals surface area (Å²) in [5, 5.41) is 21.5. The highest BCUT2D eigenvalue weighted by molar-refractivity contribution is 7.22. The summed E-state index contributed by atoms with van der Waals surface area (Å²) in [6.07, 6.45) is 0.861. The van der Waals surface area contributed by atoms with Gasteiger partial charge >= 0.3 is 5.91 Å². The van der Waals surface area contributed by atoms with E-state index in [0.29, 0.717) is 22.0 Å². The first-order chi connectivity index (χ1) is 16.9. The fourth-order valence-corrected chi connectivity index (χ4v) is 5.32. The van der Waals surface area contributed by atoms with Gasteiger partial charge in [-0.3, -0.25) is 14.5 Å². The number of benzene rings is 3. The number of fused-ring (bicyclic) bond motifs is 1. The molecule has 3 aromatic carbocycles. The number of ketones is 1. The number of hydrogen-bond acceptors (Lipinski definition) is 7. The third kappa shape index (κ3) is 3.81. The van der Waals surface area contributed by atoms with Gasteiger partial charge in [-0.1, -0.05) is 48.6 Å². The first-order valence-corrected chi connectivity index (χ1v) is 11.9. The molecule has 0 bridgehead atoms. The van der Waals surface area contributed by atoms with E-state index < -0.39 is 17.7 Å². The molecule has 0 radical (unpaired) electrons. The first kappa shape index (κ1) is 22.6. The number of carbonyl (C=O) groups is 2. The van der Waals surface area contributed by atoms with Crippen LogP contribution in [0.5, 0.6) is 11.5 Å². The van der Waals surface area contributed by atoms with Crippen molar-refractivity contribution in [1.29, 1.82) is 0 Å². The minimum atomic E-state index is -0.938. The SMILES string of the molecule is CCc1ccc2nc(N3C(=O)C(=O)/C(=C(/O)c4ccccc4OC)C3c3ccc(O)cc3)sc2c1. The third-order valence-corrected chi connectivity index (χ3v) is 7.09. The van der Waals surface area contributed by atoms with Gasteiger partial charge in [-0.05, 0) is 53.9 Å². The number of methoxy groups -OCH3 is 1. The van der Waals surface area contributed by atoms with Gasteiger partial charge in [0.2, 0.25) is 0 Å². The molecule has 2 heterocycles. The molecule has 7 nitrogen and oxygen atoms in total. The zero-order chi connectivity index (χ0) is 24.7. The number of ether oxygens (including phenoxy) is 1. The van der Waals surface area contributed by atoms with E-state index in [1.165, 1.54) is 35.5 Å². The van der Waals surface area contributed by atoms with E-state index in [0.717, 1.165) is 22.2 Å². The Morgan fingerprint density at radius 2 is 1.83 bits per heavy atom. The number of anilines is 1. The Kier molecular flexibility index (Phi) is 5.74. The number of rotatable bonds is 5. The molecule has 0 aliphatic carbocycles. The number of carbonyl (C=O) groups excluding carboxylic acids is 2. The molecule has 1 fully saturated rings. The van der Waals surface area contributed by atoms with E-state index >= 15 is 0 Å². The topological polar surface area (TPSA) is 100.0 Å². The molecule has 0 spiro atoms. The van der Waals surface area contributed by atoms with Crippen LogP contribution in [0.4, 0.5) is 5.13 Å². The van der Waals surface area contributed by atoms with Crippen molar-refractivity contribution in [3.63, 3.8) is 0 Å². The van der Waals surface area contributed by atoms with Crippen molar-refractivity contribution in [1.82, 2.24) is 4.98 Å². The van der Waals surface area contributed by atoms with Crippen molar-refractivity contribution >= 4 is 44.1 Å². The molecule has 1 aliphatic rings. The van der Waals surface area contributed by atoms with Crippen LogP contribution < -0.4 is 9.64 Å². The molecular formula is C27H22N2O5S. The number of phenols is 1. The Hall–Kier alpha value is -4.17. The lowest BCUT2D eigenvalue weighted by Gasteiger charge is -2.23. The second-order valence-electron chi connectivity index (χ2n) is 8.11. The number of aryl methyl sites for hydroxylation is 1. The molecule has 1 aromatic heterocycles. The van der Waals surface area contributed by atoms with Crippen LogP contribution in [0.2, 0.25) is 0 Å². The number of amides is 1. The van der Waals surface area contributed by atoms with E-state index in [2.05, 4.69) is 11.9 Å². The maximum atomic E-state index is 13.4. The van der Waals surface area contributed by atoms with Crippen molar-refractivity contribution < 1.29 is 24.5 Å². The van der Waals surface area contributed by atoms with Crippen molar-refractivity contribution in [2.75, 3.05) is 12.0 Å². The van der Waals surface area contributed by atoms with E-state index in [1.807, 2.05) is 18.2 Å². The number of para-hydroxylation sites is 1. The summed E-state index contributed by atoms with van der Waals surface area (Å²) in [6, 6.07) is 17.9. The molecule has 8 heteroatoms. The standard InChI is InChI=1S/C27H22N2O5S/c1-3-15-8-13-19-21(14-15)35-27(28-19)29-23(16-9-11-17(30)12-10-16)22(25(32)26(29)33)24(31)18-6-4-5-7-20(18)34-2/h4-14,23,30-31H,3H2,1-2H3/b24-22+. The second-order valence-corrected chi connectivity index (χ2v) is 9.12. The molecule has 1 amide bonds. The Bertz CT molecular complexity index is 1490. The number of aliphatic hydroxyl groups is 1. The largest absolute Gasteiger partial charge is 0.508 e. The molecule has 4 aromatic rings. The Balaban J connectivity index is 1.73. The maximum absolute atomic E-state index is 13.4.